The van der Waals surface area contributed by atoms with Gasteiger partial charge in [-0.15, -0.1) is 0 Å². The van der Waals surface area contributed by atoms with Gasteiger partial charge in [-0.2, -0.15) is 0 Å². The molecule has 176 valence electrons. The van der Waals surface area contributed by atoms with Crippen molar-refractivity contribution in [2.24, 2.45) is 0 Å². The number of amides is 3. The van der Waals surface area contributed by atoms with Crippen LogP contribution in [0, 0.1) is 0 Å². The third kappa shape index (κ3) is 4.26. The molecule has 1 aliphatic heterocycles. The molecule has 3 amide bonds. The molecule has 33 heavy (non-hydrogen) atoms. The summed E-state index contributed by atoms with van der Waals surface area (Å²) in [5.41, 5.74) is 1.01. The monoisotopic (exact) mass is 451 g/mol. The molecular weight excluding hydrogens is 418 g/mol. The Morgan fingerprint density at radius 3 is 2.61 bits per heavy atom. The summed E-state index contributed by atoms with van der Waals surface area (Å²) in [5, 5.41) is 6.07. The molecule has 0 unspecified atom stereocenters. The van der Waals surface area contributed by atoms with Crippen molar-refractivity contribution in [2.75, 3.05) is 11.9 Å². The number of rotatable bonds is 7. The second-order valence-corrected chi connectivity index (χ2v) is 9.22. The Hall–Kier alpha value is -3.16. The molecule has 2 aromatic rings. The van der Waals surface area contributed by atoms with E-state index < -0.39 is 11.4 Å². The number of anilines is 1. The molecule has 1 aromatic carbocycles. The molecule has 1 saturated carbocycles. The average Bonchev–Trinajstić information content (AvgIpc) is 3.47. The number of imidazole rings is 1. The summed E-state index contributed by atoms with van der Waals surface area (Å²) in [5.74, 6) is -0.898. The van der Waals surface area contributed by atoms with Gasteiger partial charge in [-0.3, -0.25) is 14.4 Å². The Bertz CT molecular complexity index is 1060. The fraction of sp³-hybridized carbons (Fsp3) is 0.520. The predicted molar refractivity (Wildman–Crippen MR) is 126 cm³/mol. The van der Waals surface area contributed by atoms with Crippen molar-refractivity contribution in [3.05, 3.63) is 47.5 Å². The first kappa shape index (κ1) is 23.0. The van der Waals surface area contributed by atoms with Crippen LogP contribution in [0.1, 0.15) is 79.4 Å². The fourth-order valence-corrected chi connectivity index (χ4v) is 4.97. The van der Waals surface area contributed by atoms with Gasteiger partial charge in [-0.1, -0.05) is 44.9 Å². The van der Waals surface area contributed by atoms with Gasteiger partial charge < -0.3 is 20.1 Å². The number of nitrogens with zero attached hydrogens (tertiary/aromatic N) is 3. The smallest absolute Gasteiger partial charge is 0.276 e. The minimum absolute atomic E-state index is 0.0882. The highest BCUT2D eigenvalue weighted by Gasteiger charge is 2.48. The van der Waals surface area contributed by atoms with Crippen LogP contribution in [0.15, 0.2) is 30.6 Å². The van der Waals surface area contributed by atoms with E-state index in [1.807, 2.05) is 45.0 Å². The molecule has 0 saturated heterocycles. The van der Waals surface area contributed by atoms with E-state index in [0.717, 1.165) is 37.7 Å². The zero-order chi connectivity index (χ0) is 23.6. The van der Waals surface area contributed by atoms with E-state index in [1.165, 1.54) is 6.33 Å². The molecular formula is C25H33N5O3. The van der Waals surface area contributed by atoms with Crippen molar-refractivity contribution in [1.82, 2.24) is 19.8 Å². The molecule has 8 nitrogen and oxygen atoms in total. The first-order valence-electron chi connectivity index (χ1n) is 12.0. The molecule has 4 rings (SSSR count). The lowest BCUT2D eigenvalue weighted by Crippen LogP contribution is -2.65. The zero-order valence-electron chi connectivity index (χ0n) is 19.7. The van der Waals surface area contributed by atoms with Gasteiger partial charge >= 0.3 is 0 Å². The summed E-state index contributed by atoms with van der Waals surface area (Å²) in [6.07, 6.45) is 7.16. The summed E-state index contributed by atoms with van der Waals surface area (Å²) in [4.78, 5) is 46.0. The van der Waals surface area contributed by atoms with Gasteiger partial charge in [0.2, 0.25) is 5.91 Å². The molecule has 1 aromatic heterocycles. The molecule has 1 fully saturated rings. The summed E-state index contributed by atoms with van der Waals surface area (Å²) in [6.45, 7) is 6.50. The zero-order valence-corrected chi connectivity index (χ0v) is 19.7. The summed E-state index contributed by atoms with van der Waals surface area (Å²) < 4.78 is 1.66. The number of benzene rings is 1. The van der Waals surface area contributed by atoms with E-state index in [0.29, 0.717) is 18.7 Å². The van der Waals surface area contributed by atoms with Crippen LogP contribution in [0.4, 0.5) is 5.69 Å². The Balaban J connectivity index is 1.63. The lowest BCUT2D eigenvalue weighted by Gasteiger charge is -2.44. The van der Waals surface area contributed by atoms with Gasteiger partial charge in [0.15, 0.2) is 5.69 Å². The van der Waals surface area contributed by atoms with E-state index in [4.69, 9.17) is 0 Å². The maximum atomic E-state index is 13.6. The van der Waals surface area contributed by atoms with E-state index in [-0.39, 0.29) is 35.8 Å². The maximum Gasteiger partial charge on any atom is 0.276 e. The van der Waals surface area contributed by atoms with Gasteiger partial charge in [-0.25, -0.2) is 4.98 Å². The molecule has 0 radical (unpaired) electrons. The highest BCUT2D eigenvalue weighted by atomic mass is 16.2. The van der Waals surface area contributed by atoms with Crippen molar-refractivity contribution >= 4 is 23.4 Å². The number of carbonyl (C=O) groups is 3. The van der Waals surface area contributed by atoms with E-state index in [9.17, 15) is 14.4 Å². The highest BCUT2D eigenvalue weighted by molar-refractivity contribution is 6.11. The lowest BCUT2D eigenvalue weighted by atomic mass is 9.93. The largest absolute Gasteiger partial charge is 0.351 e. The van der Waals surface area contributed by atoms with Crippen LogP contribution < -0.4 is 10.6 Å². The lowest BCUT2D eigenvalue weighted by molar-refractivity contribution is -0.133. The first-order valence-corrected chi connectivity index (χ1v) is 12.0. The SMILES string of the molecule is CCCN1C(=O)c2c(C(=O)Nc3ccccc3CC)ncn2C[C@@]1(C)C(=O)NC1CCCC1. The van der Waals surface area contributed by atoms with Gasteiger partial charge in [0.1, 0.15) is 11.2 Å². The predicted octanol–water partition coefficient (Wildman–Crippen LogP) is 3.38. The Morgan fingerprint density at radius 1 is 1.18 bits per heavy atom. The van der Waals surface area contributed by atoms with Crippen molar-refractivity contribution in [3.63, 3.8) is 0 Å². The van der Waals surface area contributed by atoms with Crippen molar-refractivity contribution in [1.29, 1.82) is 0 Å². The number of para-hydroxylation sites is 1. The molecule has 2 N–H and O–H groups in total. The quantitative estimate of drug-likeness (QED) is 0.675. The summed E-state index contributed by atoms with van der Waals surface area (Å²) in [6, 6.07) is 7.75. The second-order valence-electron chi connectivity index (χ2n) is 9.22. The summed E-state index contributed by atoms with van der Waals surface area (Å²) in [7, 11) is 0. The minimum Gasteiger partial charge on any atom is -0.351 e. The molecule has 0 bridgehead atoms. The first-order chi connectivity index (χ1) is 15.9. The molecule has 8 heteroatoms. The van der Waals surface area contributed by atoms with Gasteiger partial charge in [0, 0.05) is 18.3 Å². The van der Waals surface area contributed by atoms with Crippen LogP contribution in [0.2, 0.25) is 0 Å². The molecule has 1 aliphatic carbocycles. The van der Waals surface area contributed by atoms with Crippen LogP contribution >= 0.6 is 0 Å². The standard InChI is InChI=1S/C25H33N5O3/c1-4-14-30-23(32)21-20(22(31)28-19-13-9-6-10-17(19)5-2)26-16-29(21)15-25(30,3)24(33)27-18-11-7-8-12-18/h6,9-10,13,16,18H,4-5,7-8,11-12,14-15H2,1-3H3,(H,27,33)(H,28,31)/t25-/m0/s1. The Labute approximate surface area is 194 Å². The minimum atomic E-state index is -1.04. The van der Waals surface area contributed by atoms with Gasteiger partial charge in [-0.05, 0) is 44.2 Å². The Kier molecular flexibility index (Phi) is 6.54. The number of aryl methyl sites for hydroxylation is 1. The van der Waals surface area contributed by atoms with Crippen LogP contribution in [0.3, 0.4) is 0 Å². The summed E-state index contributed by atoms with van der Waals surface area (Å²) >= 11 is 0. The molecule has 1 atom stereocenters. The molecule has 0 spiro atoms. The van der Waals surface area contributed by atoms with Crippen LogP contribution in [0.25, 0.3) is 0 Å². The van der Waals surface area contributed by atoms with E-state index >= 15 is 0 Å². The number of hydrogen-bond donors (Lipinski definition) is 2. The van der Waals surface area contributed by atoms with Crippen molar-refractivity contribution in [2.45, 2.75) is 77.4 Å². The number of fused-ring (bicyclic) bond motifs is 1. The van der Waals surface area contributed by atoms with Crippen molar-refractivity contribution in [3.8, 4) is 0 Å². The normalized spacial score (nSPS) is 20.6. The number of aromatic nitrogens is 2. The van der Waals surface area contributed by atoms with Crippen molar-refractivity contribution < 1.29 is 14.4 Å². The fourth-order valence-electron chi connectivity index (χ4n) is 4.97. The third-order valence-electron chi connectivity index (χ3n) is 6.85. The number of hydrogen-bond acceptors (Lipinski definition) is 4. The van der Waals surface area contributed by atoms with Gasteiger partial charge in [0.25, 0.3) is 11.8 Å². The molecule has 2 heterocycles. The van der Waals surface area contributed by atoms with Crippen LogP contribution in [-0.2, 0) is 17.8 Å². The van der Waals surface area contributed by atoms with Crippen LogP contribution in [-0.4, -0.2) is 50.3 Å². The van der Waals surface area contributed by atoms with Gasteiger partial charge in [0.05, 0.1) is 12.9 Å². The number of carbonyl (C=O) groups excluding carboxylic acids is 3. The topological polar surface area (TPSA) is 96.3 Å². The average molecular weight is 452 g/mol. The Morgan fingerprint density at radius 2 is 1.91 bits per heavy atom. The molecule has 2 aliphatic rings. The maximum absolute atomic E-state index is 13.6. The number of nitrogens with one attached hydrogen (secondary N) is 2. The van der Waals surface area contributed by atoms with Crippen LogP contribution in [0.5, 0.6) is 0 Å². The van der Waals surface area contributed by atoms with E-state index in [1.54, 1.807) is 9.47 Å². The van der Waals surface area contributed by atoms with E-state index in [2.05, 4.69) is 15.6 Å². The third-order valence-corrected chi connectivity index (χ3v) is 6.85. The second kappa shape index (κ2) is 9.37. The highest BCUT2D eigenvalue weighted by Crippen LogP contribution is 2.30.